The lowest BCUT2D eigenvalue weighted by Crippen LogP contribution is -2.38. The van der Waals surface area contributed by atoms with Crippen LogP contribution in [0.5, 0.6) is 0 Å². The Hall–Kier alpha value is -3.25. The topological polar surface area (TPSA) is 66.5 Å². The van der Waals surface area contributed by atoms with Gasteiger partial charge in [0.25, 0.3) is 0 Å². The number of carbonyl (C=O) groups excluding carboxylic acids is 3. The third-order valence-electron chi connectivity index (χ3n) is 7.51. The molecule has 3 aliphatic rings. The number of carbonyl (C=O) groups is 3. The number of imide groups is 1. The molecular formula is C28H23BrN2O3. The van der Waals surface area contributed by atoms with E-state index in [4.69, 9.17) is 0 Å². The van der Waals surface area contributed by atoms with Gasteiger partial charge in [-0.15, -0.1) is 0 Å². The van der Waals surface area contributed by atoms with Crippen molar-refractivity contribution >= 4 is 50.1 Å². The van der Waals surface area contributed by atoms with Crippen molar-refractivity contribution in [1.29, 1.82) is 0 Å². The van der Waals surface area contributed by atoms with Crippen molar-refractivity contribution in [3.8, 4) is 0 Å². The van der Waals surface area contributed by atoms with Gasteiger partial charge in [-0.3, -0.25) is 19.3 Å². The van der Waals surface area contributed by atoms with Crippen LogP contribution in [0.15, 0.2) is 83.4 Å². The number of hydrogen-bond acceptors (Lipinski definition) is 3. The van der Waals surface area contributed by atoms with Crippen LogP contribution in [0.1, 0.15) is 24.4 Å². The Bertz CT molecular complexity index is 1310. The molecule has 5 atom stereocenters. The fraction of sp³-hybridized carbons (Fsp3) is 0.250. The van der Waals surface area contributed by atoms with E-state index >= 15 is 0 Å². The third-order valence-corrected chi connectivity index (χ3v) is 8.04. The Morgan fingerprint density at radius 2 is 1.56 bits per heavy atom. The Labute approximate surface area is 206 Å². The van der Waals surface area contributed by atoms with E-state index in [9.17, 15) is 14.4 Å². The average molecular weight is 515 g/mol. The number of nitrogens with one attached hydrogen (secondary N) is 1. The summed E-state index contributed by atoms with van der Waals surface area (Å²) in [6.45, 7) is 0. The number of nitrogens with zero attached hydrogens (tertiary/aromatic N) is 1. The second kappa shape index (κ2) is 8.20. The molecule has 0 aromatic heterocycles. The second-order valence-corrected chi connectivity index (χ2v) is 10.3. The molecule has 2 bridgehead atoms. The number of allylic oxidation sites excluding steroid dienone is 2. The molecule has 2 fully saturated rings. The molecule has 1 saturated carbocycles. The predicted molar refractivity (Wildman–Crippen MR) is 134 cm³/mol. The molecule has 1 N–H and O–H groups in total. The van der Waals surface area contributed by atoms with Gasteiger partial charge in [0, 0.05) is 15.5 Å². The van der Waals surface area contributed by atoms with Gasteiger partial charge >= 0.3 is 0 Å². The molecule has 0 radical (unpaired) electrons. The molecule has 0 spiro atoms. The van der Waals surface area contributed by atoms with Crippen LogP contribution >= 0.6 is 15.9 Å². The standard InChI is InChI=1S/C28H23BrN2O3/c29-20-12-10-17(11-13-20)23(31-27(33)25-18-8-9-19(14-18)26(25)28(31)34)15-24(32)30-22-7-3-5-16-4-1-2-6-21(16)22/h1-13,18-19,23,25-26H,14-15H2,(H,30,32). The highest BCUT2D eigenvalue weighted by Gasteiger charge is 2.60. The van der Waals surface area contributed by atoms with Gasteiger partial charge in [-0.05, 0) is 47.4 Å². The summed E-state index contributed by atoms with van der Waals surface area (Å²) in [5.74, 6) is -0.834. The van der Waals surface area contributed by atoms with E-state index in [2.05, 4.69) is 33.4 Å². The lowest BCUT2D eigenvalue weighted by Gasteiger charge is -2.28. The fourth-order valence-electron chi connectivity index (χ4n) is 5.99. The number of fused-ring (bicyclic) bond motifs is 6. The van der Waals surface area contributed by atoms with Gasteiger partial charge in [0.1, 0.15) is 0 Å². The van der Waals surface area contributed by atoms with Crippen LogP contribution in [0.3, 0.4) is 0 Å². The van der Waals surface area contributed by atoms with Crippen molar-refractivity contribution in [3.05, 3.63) is 88.9 Å². The predicted octanol–water partition coefficient (Wildman–Crippen LogP) is 5.48. The largest absolute Gasteiger partial charge is 0.325 e. The first-order valence-corrected chi connectivity index (χ1v) is 12.4. The van der Waals surface area contributed by atoms with Crippen molar-refractivity contribution in [3.63, 3.8) is 0 Å². The molecular weight excluding hydrogens is 492 g/mol. The zero-order valence-electron chi connectivity index (χ0n) is 18.4. The van der Waals surface area contributed by atoms with Crippen molar-refractivity contribution in [1.82, 2.24) is 4.90 Å². The molecule has 1 saturated heterocycles. The molecule has 34 heavy (non-hydrogen) atoms. The minimum Gasteiger partial charge on any atom is -0.325 e. The van der Waals surface area contributed by atoms with E-state index in [-0.39, 0.29) is 47.8 Å². The number of rotatable bonds is 5. The van der Waals surface area contributed by atoms with Crippen molar-refractivity contribution in [2.75, 3.05) is 5.32 Å². The first-order valence-electron chi connectivity index (χ1n) is 11.6. The maximum Gasteiger partial charge on any atom is 0.234 e. The molecule has 6 heteroatoms. The van der Waals surface area contributed by atoms with Gasteiger partial charge in [-0.1, -0.05) is 76.6 Å². The highest BCUT2D eigenvalue weighted by molar-refractivity contribution is 9.10. The maximum absolute atomic E-state index is 13.5. The van der Waals surface area contributed by atoms with Gasteiger partial charge in [-0.2, -0.15) is 0 Å². The Morgan fingerprint density at radius 3 is 2.26 bits per heavy atom. The summed E-state index contributed by atoms with van der Waals surface area (Å²) in [4.78, 5) is 41.7. The van der Waals surface area contributed by atoms with Crippen LogP contribution in [-0.4, -0.2) is 22.6 Å². The lowest BCUT2D eigenvalue weighted by atomic mass is 9.85. The fourth-order valence-corrected chi connectivity index (χ4v) is 6.25. The first-order chi connectivity index (χ1) is 16.5. The molecule has 2 aliphatic carbocycles. The highest BCUT2D eigenvalue weighted by Crippen LogP contribution is 2.54. The van der Waals surface area contributed by atoms with Gasteiger partial charge < -0.3 is 5.32 Å². The summed E-state index contributed by atoms with van der Waals surface area (Å²) < 4.78 is 0.897. The molecule has 170 valence electrons. The van der Waals surface area contributed by atoms with E-state index in [1.54, 1.807) is 0 Å². The quantitative estimate of drug-likeness (QED) is 0.362. The summed E-state index contributed by atoms with van der Waals surface area (Å²) in [6.07, 6.45) is 5.06. The average Bonchev–Trinajstić information content (AvgIpc) is 3.52. The van der Waals surface area contributed by atoms with E-state index in [0.29, 0.717) is 0 Å². The molecule has 3 aromatic rings. The van der Waals surface area contributed by atoms with Crippen LogP contribution in [-0.2, 0) is 14.4 Å². The van der Waals surface area contributed by atoms with E-state index in [1.165, 1.54) is 4.90 Å². The zero-order valence-corrected chi connectivity index (χ0v) is 19.9. The van der Waals surface area contributed by atoms with Crippen LogP contribution in [0.4, 0.5) is 5.69 Å². The van der Waals surface area contributed by atoms with Crippen LogP contribution < -0.4 is 5.32 Å². The number of anilines is 1. The molecule has 3 aromatic carbocycles. The zero-order chi connectivity index (χ0) is 23.4. The number of halogens is 1. The number of hydrogen-bond donors (Lipinski definition) is 1. The Kier molecular flexibility index (Phi) is 5.14. The molecule has 5 unspecified atom stereocenters. The summed E-state index contributed by atoms with van der Waals surface area (Å²) in [7, 11) is 0. The summed E-state index contributed by atoms with van der Waals surface area (Å²) in [5.41, 5.74) is 1.49. The maximum atomic E-state index is 13.5. The minimum atomic E-state index is -0.645. The van der Waals surface area contributed by atoms with Crippen LogP contribution in [0.25, 0.3) is 10.8 Å². The molecule has 5 nitrogen and oxygen atoms in total. The van der Waals surface area contributed by atoms with Gasteiger partial charge in [0.05, 0.1) is 24.3 Å². The van der Waals surface area contributed by atoms with Gasteiger partial charge in [0.2, 0.25) is 17.7 Å². The van der Waals surface area contributed by atoms with Crippen molar-refractivity contribution in [2.45, 2.75) is 18.9 Å². The third kappa shape index (κ3) is 3.40. The first kappa shape index (κ1) is 21.3. The normalized spacial score (nSPS) is 25.7. The molecule has 1 heterocycles. The monoisotopic (exact) mass is 514 g/mol. The van der Waals surface area contributed by atoms with E-state index in [1.807, 2.05) is 66.7 Å². The van der Waals surface area contributed by atoms with Crippen LogP contribution in [0.2, 0.25) is 0 Å². The lowest BCUT2D eigenvalue weighted by molar-refractivity contribution is -0.144. The number of likely N-dealkylation sites (tertiary alicyclic amines) is 1. The smallest absolute Gasteiger partial charge is 0.234 e. The summed E-state index contributed by atoms with van der Waals surface area (Å²) >= 11 is 3.45. The second-order valence-electron chi connectivity index (χ2n) is 9.39. The van der Waals surface area contributed by atoms with Gasteiger partial charge in [0.15, 0.2) is 0 Å². The minimum absolute atomic E-state index is 0.00450. The molecule has 1 aliphatic heterocycles. The summed E-state index contributed by atoms with van der Waals surface area (Å²) in [5, 5.41) is 5.00. The highest BCUT2D eigenvalue weighted by atomic mass is 79.9. The Balaban J connectivity index is 1.31. The van der Waals surface area contributed by atoms with E-state index in [0.717, 1.165) is 32.9 Å². The molecule has 6 rings (SSSR count). The van der Waals surface area contributed by atoms with Crippen molar-refractivity contribution < 1.29 is 14.4 Å². The Morgan fingerprint density at radius 1 is 0.912 bits per heavy atom. The SMILES string of the molecule is O=C(CC(c1ccc(Br)cc1)N1C(=O)C2C3C=CC(C3)C2C1=O)Nc1cccc2ccccc12. The number of benzene rings is 3. The summed E-state index contributed by atoms with van der Waals surface area (Å²) in [6, 6.07) is 20.5. The van der Waals surface area contributed by atoms with Crippen molar-refractivity contribution in [2.24, 2.45) is 23.7 Å². The van der Waals surface area contributed by atoms with E-state index < -0.39 is 6.04 Å². The number of amides is 3. The molecule has 3 amide bonds. The van der Waals surface area contributed by atoms with Gasteiger partial charge in [-0.25, -0.2) is 0 Å². The van der Waals surface area contributed by atoms with Crippen LogP contribution in [0, 0.1) is 23.7 Å².